The van der Waals surface area contributed by atoms with Crippen LogP contribution in [0, 0.1) is 5.92 Å². The van der Waals surface area contributed by atoms with E-state index in [4.69, 9.17) is 5.11 Å². The Morgan fingerprint density at radius 1 is 1.55 bits per heavy atom. The maximum absolute atomic E-state index is 10.8. The summed E-state index contributed by atoms with van der Waals surface area (Å²) < 4.78 is 0. The van der Waals surface area contributed by atoms with Crippen molar-refractivity contribution in [3.8, 4) is 0 Å². The number of carbonyl (C=O) groups excluding carboxylic acids is 1. The number of nitrogens with one attached hydrogen (secondary N) is 1. The summed E-state index contributed by atoms with van der Waals surface area (Å²) in [7, 11) is 0. The minimum absolute atomic E-state index is 0.0283. The number of aliphatic hydroxyl groups excluding tert-OH is 1. The number of carbonyl (C=O) groups is 1. The van der Waals surface area contributed by atoms with Gasteiger partial charge in [-0.25, -0.2) is 0 Å². The van der Waals surface area contributed by atoms with Gasteiger partial charge in [-0.3, -0.25) is 4.79 Å². The SMILES string of the molecule is O=C(CCO)NCC1CCC1. The molecule has 1 rings (SSSR count). The largest absolute Gasteiger partial charge is 0.396 e. The molecule has 0 radical (unpaired) electrons. The van der Waals surface area contributed by atoms with Crippen LogP contribution in [0.15, 0.2) is 0 Å². The van der Waals surface area contributed by atoms with Gasteiger partial charge in [0.05, 0.1) is 6.61 Å². The van der Waals surface area contributed by atoms with Crippen molar-refractivity contribution < 1.29 is 9.90 Å². The predicted molar refractivity (Wildman–Crippen MR) is 42.1 cm³/mol. The normalized spacial score (nSPS) is 17.5. The van der Waals surface area contributed by atoms with Crippen LogP contribution in [0.4, 0.5) is 0 Å². The van der Waals surface area contributed by atoms with Gasteiger partial charge in [0.1, 0.15) is 0 Å². The van der Waals surface area contributed by atoms with Crippen molar-refractivity contribution in [2.45, 2.75) is 25.7 Å². The Balaban J connectivity index is 1.96. The summed E-state index contributed by atoms with van der Waals surface area (Å²) in [6.07, 6.45) is 4.05. The lowest BCUT2D eigenvalue weighted by Gasteiger charge is -2.25. The third-order valence-electron chi connectivity index (χ3n) is 2.15. The Bertz CT molecular complexity index is 132. The molecule has 0 aromatic carbocycles. The van der Waals surface area contributed by atoms with E-state index in [1.54, 1.807) is 0 Å². The van der Waals surface area contributed by atoms with Crippen molar-refractivity contribution in [1.82, 2.24) is 5.32 Å². The van der Waals surface area contributed by atoms with Crippen molar-refractivity contribution in [2.24, 2.45) is 5.92 Å². The van der Waals surface area contributed by atoms with Crippen LogP contribution in [0.5, 0.6) is 0 Å². The van der Waals surface area contributed by atoms with E-state index in [2.05, 4.69) is 5.32 Å². The molecule has 11 heavy (non-hydrogen) atoms. The van der Waals surface area contributed by atoms with Crippen molar-refractivity contribution in [3.63, 3.8) is 0 Å². The molecule has 0 saturated heterocycles. The second kappa shape index (κ2) is 4.34. The maximum atomic E-state index is 10.8. The monoisotopic (exact) mass is 157 g/mol. The fraction of sp³-hybridized carbons (Fsp3) is 0.875. The highest BCUT2D eigenvalue weighted by atomic mass is 16.3. The third-order valence-corrected chi connectivity index (χ3v) is 2.15. The minimum atomic E-state index is -0.0451. The molecule has 1 aliphatic rings. The first-order valence-electron chi connectivity index (χ1n) is 4.20. The Morgan fingerprint density at radius 3 is 2.73 bits per heavy atom. The third kappa shape index (κ3) is 2.89. The fourth-order valence-electron chi connectivity index (χ4n) is 1.15. The number of amides is 1. The molecule has 2 N–H and O–H groups in total. The van der Waals surface area contributed by atoms with Gasteiger partial charge < -0.3 is 10.4 Å². The zero-order chi connectivity index (χ0) is 8.10. The van der Waals surface area contributed by atoms with Gasteiger partial charge in [0, 0.05) is 13.0 Å². The van der Waals surface area contributed by atoms with E-state index < -0.39 is 0 Å². The van der Waals surface area contributed by atoms with Gasteiger partial charge >= 0.3 is 0 Å². The lowest BCUT2D eigenvalue weighted by atomic mass is 9.85. The Hall–Kier alpha value is -0.570. The summed E-state index contributed by atoms with van der Waals surface area (Å²) in [6.45, 7) is 0.759. The van der Waals surface area contributed by atoms with Crippen molar-refractivity contribution >= 4 is 5.91 Å². The maximum Gasteiger partial charge on any atom is 0.222 e. The van der Waals surface area contributed by atoms with E-state index in [1.807, 2.05) is 0 Å². The molecule has 3 heteroatoms. The molecule has 0 spiro atoms. The molecule has 0 aromatic rings. The highest BCUT2D eigenvalue weighted by Crippen LogP contribution is 2.24. The van der Waals surface area contributed by atoms with Crippen LogP contribution < -0.4 is 5.32 Å². The zero-order valence-corrected chi connectivity index (χ0v) is 6.68. The first-order chi connectivity index (χ1) is 5.33. The van der Waals surface area contributed by atoms with Gasteiger partial charge in [-0.1, -0.05) is 6.42 Å². The molecule has 3 nitrogen and oxygen atoms in total. The van der Waals surface area contributed by atoms with Crippen LogP contribution in [0.3, 0.4) is 0 Å². The molecule has 1 fully saturated rings. The van der Waals surface area contributed by atoms with E-state index in [-0.39, 0.29) is 18.9 Å². The van der Waals surface area contributed by atoms with E-state index in [0.717, 1.165) is 6.54 Å². The molecule has 0 unspecified atom stereocenters. The van der Waals surface area contributed by atoms with Gasteiger partial charge in [0.2, 0.25) is 5.91 Å². The average molecular weight is 157 g/mol. The van der Waals surface area contributed by atoms with Crippen LogP contribution in [0.2, 0.25) is 0 Å². The van der Waals surface area contributed by atoms with E-state index in [0.29, 0.717) is 5.92 Å². The van der Waals surface area contributed by atoms with Gasteiger partial charge in [-0.15, -0.1) is 0 Å². The first-order valence-corrected chi connectivity index (χ1v) is 4.20. The summed E-state index contributed by atoms with van der Waals surface area (Å²) in [5.41, 5.74) is 0. The fourth-order valence-corrected chi connectivity index (χ4v) is 1.15. The quantitative estimate of drug-likeness (QED) is 0.616. The molecule has 0 aliphatic heterocycles. The average Bonchev–Trinajstić information content (AvgIpc) is 1.85. The van der Waals surface area contributed by atoms with E-state index in [1.165, 1.54) is 19.3 Å². The minimum Gasteiger partial charge on any atom is -0.396 e. The predicted octanol–water partition coefficient (Wildman–Crippen LogP) is 0.285. The molecule has 1 saturated carbocycles. The molecule has 0 aromatic heterocycles. The van der Waals surface area contributed by atoms with Gasteiger partial charge in [0.25, 0.3) is 0 Å². The van der Waals surface area contributed by atoms with Crippen LogP contribution in [0.25, 0.3) is 0 Å². The Morgan fingerprint density at radius 2 is 2.27 bits per heavy atom. The van der Waals surface area contributed by atoms with Crippen LogP contribution in [0.1, 0.15) is 25.7 Å². The van der Waals surface area contributed by atoms with Crippen LogP contribution in [-0.2, 0) is 4.79 Å². The number of aliphatic hydroxyl groups is 1. The smallest absolute Gasteiger partial charge is 0.222 e. The number of hydrogen-bond acceptors (Lipinski definition) is 2. The molecule has 0 atom stereocenters. The zero-order valence-electron chi connectivity index (χ0n) is 6.68. The Labute approximate surface area is 66.8 Å². The summed E-state index contributed by atoms with van der Waals surface area (Å²) in [5.74, 6) is 0.678. The van der Waals surface area contributed by atoms with Gasteiger partial charge in [-0.05, 0) is 18.8 Å². The summed E-state index contributed by atoms with van der Waals surface area (Å²) >= 11 is 0. The molecular weight excluding hydrogens is 142 g/mol. The van der Waals surface area contributed by atoms with E-state index in [9.17, 15) is 4.79 Å². The second-order valence-electron chi connectivity index (χ2n) is 3.07. The summed E-state index contributed by atoms with van der Waals surface area (Å²) in [6, 6.07) is 0. The summed E-state index contributed by atoms with van der Waals surface area (Å²) in [5, 5.41) is 11.2. The lowest BCUT2D eigenvalue weighted by Crippen LogP contribution is -2.32. The summed E-state index contributed by atoms with van der Waals surface area (Å²) in [4.78, 5) is 10.8. The molecule has 64 valence electrons. The molecule has 1 amide bonds. The van der Waals surface area contributed by atoms with Crippen LogP contribution >= 0.6 is 0 Å². The number of rotatable bonds is 4. The first kappa shape index (κ1) is 8.53. The van der Waals surface area contributed by atoms with Crippen LogP contribution in [-0.4, -0.2) is 24.2 Å². The topological polar surface area (TPSA) is 49.3 Å². The van der Waals surface area contributed by atoms with Crippen molar-refractivity contribution in [2.75, 3.05) is 13.2 Å². The molecule has 0 heterocycles. The standard InChI is InChI=1S/C8H15NO2/c10-5-4-8(11)9-6-7-2-1-3-7/h7,10H,1-6H2,(H,9,11). The molecule has 0 bridgehead atoms. The van der Waals surface area contributed by atoms with Crippen molar-refractivity contribution in [3.05, 3.63) is 0 Å². The lowest BCUT2D eigenvalue weighted by molar-refractivity contribution is -0.122. The highest BCUT2D eigenvalue weighted by Gasteiger charge is 2.17. The van der Waals surface area contributed by atoms with Gasteiger partial charge in [-0.2, -0.15) is 0 Å². The van der Waals surface area contributed by atoms with E-state index >= 15 is 0 Å². The second-order valence-corrected chi connectivity index (χ2v) is 3.07. The molecular formula is C8H15NO2. The highest BCUT2D eigenvalue weighted by molar-refractivity contribution is 5.75. The van der Waals surface area contributed by atoms with Gasteiger partial charge in [0.15, 0.2) is 0 Å². The number of hydrogen-bond donors (Lipinski definition) is 2. The Kier molecular flexibility index (Phi) is 3.36. The van der Waals surface area contributed by atoms with Crippen molar-refractivity contribution in [1.29, 1.82) is 0 Å². The molecule has 1 aliphatic carbocycles.